The Bertz CT molecular complexity index is 844. The first-order valence-corrected chi connectivity index (χ1v) is 8.93. The molecule has 28 heavy (non-hydrogen) atoms. The van der Waals surface area contributed by atoms with Crippen LogP contribution in [0.25, 0.3) is 0 Å². The standard InChI is InChI=1S/C16H19Cl2F2N7O/c17-8-4-3-7(6-9(8)18)25-14(11(21)13(23)28)27-15(24)26-10-2-1-5-16(19,20)12(10)22/h3-4,6,10,12,21H,1-2,5,22H2,(H2,23,28)(H3,24,25,26,27)/t10-,12-/m1/s1. The second kappa shape index (κ2) is 8.80. The molecule has 1 aromatic carbocycles. The van der Waals surface area contributed by atoms with Gasteiger partial charge in [0.1, 0.15) is 0 Å². The predicted molar refractivity (Wildman–Crippen MR) is 107 cm³/mol. The number of carbonyl (C=O) groups is 1. The van der Waals surface area contributed by atoms with Gasteiger partial charge in [-0.3, -0.25) is 10.2 Å². The lowest BCUT2D eigenvalue weighted by molar-refractivity contribution is -0.111. The van der Waals surface area contributed by atoms with Crippen LogP contribution in [0.5, 0.6) is 0 Å². The highest BCUT2D eigenvalue weighted by atomic mass is 35.5. The number of hydrogen-bond acceptors (Lipinski definition) is 4. The van der Waals surface area contributed by atoms with Gasteiger partial charge in [0.15, 0.2) is 11.5 Å². The Hall–Kier alpha value is -2.30. The SMILES string of the molecule is N=C(C(N)=O)C(=NC(N)=N[C@@H]1CCCC(F)(F)[C@@H]1N)Nc1ccc(Cl)c(Cl)c1. The van der Waals surface area contributed by atoms with E-state index in [1.165, 1.54) is 18.2 Å². The summed E-state index contributed by atoms with van der Waals surface area (Å²) in [5.41, 5.74) is 16.1. The van der Waals surface area contributed by atoms with Gasteiger partial charge >= 0.3 is 0 Å². The van der Waals surface area contributed by atoms with Crippen LogP contribution in [-0.4, -0.2) is 41.4 Å². The van der Waals surface area contributed by atoms with E-state index in [-0.39, 0.29) is 23.7 Å². The van der Waals surface area contributed by atoms with Gasteiger partial charge < -0.3 is 22.5 Å². The molecule has 0 bridgehead atoms. The smallest absolute Gasteiger partial charge is 0.270 e. The van der Waals surface area contributed by atoms with E-state index >= 15 is 0 Å². The molecule has 0 heterocycles. The zero-order chi connectivity index (χ0) is 21.1. The lowest BCUT2D eigenvalue weighted by Gasteiger charge is -2.33. The van der Waals surface area contributed by atoms with Crippen LogP contribution < -0.4 is 22.5 Å². The molecule has 152 valence electrons. The molecule has 1 aliphatic carbocycles. The Kier molecular flexibility index (Phi) is 6.91. The number of carbonyl (C=O) groups excluding carboxylic acids is 1. The lowest BCUT2D eigenvalue weighted by atomic mass is 9.88. The molecule has 1 aliphatic rings. The highest BCUT2D eigenvalue weighted by Crippen LogP contribution is 2.33. The Labute approximate surface area is 169 Å². The minimum absolute atomic E-state index is 0.216. The van der Waals surface area contributed by atoms with Crippen molar-refractivity contribution in [2.45, 2.75) is 37.3 Å². The molecule has 0 aromatic heterocycles. The molecule has 0 spiro atoms. The molecule has 1 fully saturated rings. The van der Waals surface area contributed by atoms with Gasteiger partial charge in [-0.25, -0.2) is 13.8 Å². The molecular weight excluding hydrogens is 415 g/mol. The van der Waals surface area contributed by atoms with Crippen molar-refractivity contribution in [3.8, 4) is 0 Å². The third kappa shape index (κ3) is 5.37. The number of aliphatic imine (C=N–C) groups is 2. The van der Waals surface area contributed by atoms with Gasteiger partial charge in [-0.1, -0.05) is 23.2 Å². The fourth-order valence-electron chi connectivity index (χ4n) is 2.61. The average molecular weight is 434 g/mol. The first kappa shape index (κ1) is 22.0. The van der Waals surface area contributed by atoms with Crippen molar-refractivity contribution in [3.05, 3.63) is 28.2 Å². The van der Waals surface area contributed by atoms with E-state index in [1.54, 1.807) is 0 Å². The average Bonchev–Trinajstić information content (AvgIpc) is 2.60. The molecule has 2 atom stereocenters. The zero-order valence-corrected chi connectivity index (χ0v) is 16.1. The largest absolute Gasteiger partial charge is 0.368 e. The van der Waals surface area contributed by atoms with Crippen molar-refractivity contribution in [2.75, 3.05) is 5.32 Å². The molecule has 1 amide bonds. The van der Waals surface area contributed by atoms with E-state index in [9.17, 15) is 13.6 Å². The van der Waals surface area contributed by atoms with Crippen molar-refractivity contribution in [1.82, 2.24) is 0 Å². The summed E-state index contributed by atoms with van der Waals surface area (Å²) >= 11 is 11.8. The van der Waals surface area contributed by atoms with Crippen molar-refractivity contribution in [2.24, 2.45) is 27.2 Å². The number of halogens is 4. The van der Waals surface area contributed by atoms with E-state index in [2.05, 4.69) is 15.3 Å². The van der Waals surface area contributed by atoms with Gasteiger partial charge in [0.25, 0.3) is 11.8 Å². The summed E-state index contributed by atoms with van der Waals surface area (Å²) in [7, 11) is 0. The van der Waals surface area contributed by atoms with E-state index < -0.39 is 35.6 Å². The lowest BCUT2D eigenvalue weighted by Crippen LogP contribution is -2.52. The number of amides is 1. The minimum Gasteiger partial charge on any atom is -0.368 e. The van der Waals surface area contributed by atoms with Gasteiger partial charge in [0.05, 0.1) is 22.1 Å². The van der Waals surface area contributed by atoms with Gasteiger partial charge in [-0.15, -0.1) is 0 Å². The molecule has 8 N–H and O–H groups in total. The normalized spacial score (nSPS) is 22.6. The fraction of sp³-hybridized carbons (Fsp3) is 0.375. The Morgan fingerprint density at radius 3 is 2.57 bits per heavy atom. The molecule has 0 saturated heterocycles. The molecule has 2 rings (SSSR count). The van der Waals surface area contributed by atoms with Crippen LogP contribution in [0.2, 0.25) is 10.0 Å². The van der Waals surface area contributed by atoms with Gasteiger partial charge in [0, 0.05) is 12.1 Å². The molecule has 12 heteroatoms. The number of guanidine groups is 1. The van der Waals surface area contributed by atoms with E-state index in [0.717, 1.165) is 0 Å². The summed E-state index contributed by atoms with van der Waals surface area (Å²) in [6.07, 6.45) is 0.229. The summed E-state index contributed by atoms with van der Waals surface area (Å²) in [4.78, 5) is 19.2. The van der Waals surface area contributed by atoms with Gasteiger partial charge in [-0.2, -0.15) is 4.99 Å². The zero-order valence-electron chi connectivity index (χ0n) is 14.6. The molecule has 1 saturated carbocycles. The second-order valence-electron chi connectivity index (χ2n) is 6.19. The van der Waals surface area contributed by atoms with Crippen molar-refractivity contribution < 1.29 is 13.6 Å². The molecule has 1 aromatic rings. The molecule has 0 radical (unpaired) electrons. The van der Waals surface area contributed by atoms with Crippen LogP contribution in [0.1, 0.15) is 19.3 Å². The van der Waals surface area contributed by atoms with Crippen LogP contribution >= 0.6 is 23.2 Å². The van der Waals surface area contributed by atoms with Crippen LogP contribution in [-0.2, 0) is 4.79 Å². The monoisotopic (exact) mass is 433 g/mol. The number of nitrogens with zero attached hydrogens (tertiary/aromatic N) is 2. The maximum Gasteiger partial charge on any atom is 0.270 e. The van der Waals surface area contributed by atoms with Crippen molar-refractivity contribution in [1.29, 1.82) is 5.41 Å². The van der Waals surface area contributed by atoms with Crippen LogP contribution in [0.15, 0.2) is 28.2 Å². The Morgan fingerprint density at radius 2 is 1.96 bits per heavy atom. The number of primary amides is 1. The molecule has 0 unspecified atom stereocenters. The van der Waals surface area contributed by atoms with E-state index in [1.807, 2.05) is 0 Å². The highest BCUT2D eigenvalue weighted by Gasteiger charge is 2.44. The third-order valence-corrected chi connectivity index (χ3v) is 4.84. The topological polar surface area (TPSA) is 156 Å². The van der Waals surface area contributed by atoms with E-state index in [4.69, 9.17) is 45.8 Å². The summed E-state index contributed by atoms with van der Waals surface area (Å²) in [6, 6.07) is 1.98. The maximum absolute atomic E-state index is 13.8. The van der Waals surface area contributed by atoms with Crippen LogP contribution in [0, 0.1) is 5.41 Å². The quantitative estimate of drug-likeness (QED) is 0.364. The Morgan fingerprint density at radius 1 is 1.29 bits per heavy atom. The van der Waals surface area contributed by atoms with Gasteiger partial charge in [-0.05, 0) is 31.0 Å². The number of nitrogens with one attached hydrogen (secondary N) is 2. The molecular formula is C16H19Cl2F2N7O. The van der Waals surface area contributed by atoms with E-state index in [0.29, 0.717) is 17.1 Å². The van der Waals surface area contributed by atoms with Crippen LogP contribution in [0.4, 0.5) is 14.5 Å². The summed E-state index contributed by atoms with van der Waals surface area (Å²) in [5.74, 6) is -4.90. The van der Waals surface area contributed by atoms with Crippen molar-refractivity contribution >= 4 is 52.3 Å². The van der Waals surface area contributed by atoms with Gasteiger partial charge in [0.2, 0.25) is 5.96 Å². The third-order valence-electron chi connectivity index (χ3n) is 4.10. The minimum atomic E-state index is -3.06. The predicted octanol–water partition coefficient (Wildman–Crippen LogP) is 2.14. The maximum atomic E-state index is 13.8. The summed E-state index contributed by atoms with van der Waals surface area (Å²) in [5, 5.41) is 11.0. The number of alkyl halides is 2. The summed E-state index contributed by atoms with van der Waals surface area (Å²) in [6.45, 7) is 0. The molecule has 0 aliphatic heterocycles. The summed E-state index contributed by atoms with van der Waals surface area (Å²) < 4.78 is 27.5. The first-order chi connectivity index (χ1) is 13.0. The number of hydrogen-bond donors (Lipinski definition) is 5. The van der Waals surface area contributed by atoms with Crippen molar-refractivity contribution in [3.63, 3.8) is 0 Å². The Balaban J connectivity index is 2.31. The number of amidine groups is 1. The highest BCUT2D eigenvalue weighted by molar-refractivity contribution is 6.67. The molecule has 8 nitrogen and oxygen atoms in total. The van der Waals surface area contributed by atoms with Crippen LogP contribution in [0.3, 0.4) is 0 Å². The number of benzene rings is 1. The number of anilines is 1. The number of nitrogens with two attached hydrogens (primary N) is 3. The second-order valence-corrected chi connectivity index (χ2v) is 7.00. The number of rotatable bonds is 4. The fourth-order valence-corrected chi connectivity index (χ4v) is 2.90. The first-order valence-electron chi connectivity index (χ1n) is 8.17.